The molecule has 0 saturated heterocycles. The van der Waals surface area contributed by atoms with Gasteiger partial charge >= 0.3 is 0 Å². The van der Waals surface area contributed by atoms with Crippen molar-refractivity contribution < 1.29 is 13.2 Å². The lowest BCUT2D eigenvalue weighted by molar-refractivity contribution is 0.0931. The van der Waals surface area contributed by atoms with Gasteiger partial charge in [-0.05, 0) is 67.5 Å². The van der Waals surface area contributed by atoms with Gasteiger partial charge in [0, 0.05) is 16.6 Å². The molecule has 0 radical (unpaired) electrons. The first-order chi connectivity index (χ1) is 12.9. The second-order valence-corrected chi connectivity index (χ2v) is 9.41. The smallest absolute Gasteiger partial charge is 0.251 e. The third-order valence-corrected chi connectivity index (χ3v) is 6.68. The molecule has 2 aliphatic carbocycles. The predicted octanol–water partition coefficient (Wildman–Crippen LogP) is 3.66. The van der Waals surface area contributed by atoms with E-state index in [9.17, 15) is 13.2 Å². The molecule has 2 aliphatic rings. The first-order valence-electron chi connectivity index (χ1n) is 9.11. The molecule has 2 aromatic carbocycles. The summed E-state index contributed by atoms with van der Waals surface area (Å²) in [5.41, 5.74) is 1.35. The van der Waals surface area contributed by atoms with E-state index >= 15 is 0 Å². The molecule has 1 atom stereocenters. The van der Waals surface area contributed by atoms with Gasteiger partial charge in [0.05, 0.1) is 10.9 Å². The lowest BCUT2D eigenvalue weighted by atomic mass is 10.0. The van der Waals surface area contributed by atoms with Crippen molar-refractivity contribution in [2.75, 3.05) is 0 Å². The number of nitrogens with one attached hydrogen (secondary N) is 2. The highest BCUT2D eigenvalue weighted by Crippen LogP contribution is 2.41. The van der Waals surface area contributed by atoms with E-state index in [2.05, 4.69) is 10.0 Å². The highest BCUT2D eigenvalue weighted by atomic mass is 35.5. The van der Waals surface area contributed by atoms with Gasteiger partial charge in [-0.2, -0.15) is 0 Å². The standard InChI is InChI=1S/C20H21ClN2O3S/c21-16-8-6-14(7-9-16)19(13-4-5-13)22-20(24)15-2-1-3-18(12-15)27(25,26)23-17-10-11-17/h1-3,6-9,12-13,17,19,23H,4-5,10-11H2,(H,22,24). The fourth-order valence-corrected chi connectivity index (χ4v) is 4.57. The summed E-state index contributed by atoms with van der Waals surface area (Å²) in [6, 6.07) is 13.6. The predicted molar refractivity (Wildman–Crippen MR) is 104 cm³/mol. The van der Waals surface area contributed by atoms with E-state index in [4.69, 9.17) is 11.6 Å². The Kier molecular flexibility index (Phi) is 4.97. The van der Waals surface area contributed by atoms with Crippen molar-refractivity contribution in [1.82, 2.24) is 10.0 Å². The van der Waals surface area contributed by atoms with Crippen molar-refractivity contribution in [3.63, 3.8) is 0 Å². The Morgan fingerprint density at radius 3 is 2.37 bits per heavy atom. The van der Waals surface area contributed by atoms with Gasteiger partial charge < -0.3 is 5.32 Å². The third-order valence-electron chi connectivity index (χ3n) is 4.91. The highest BCUT2D eigenvalue weighted by molar-refractivity contribution is 7.89. The van der Waals surface area contributed by atoms with Crippen LogP contribution in [0.3, 0.4) is 0 Å². The fraction of sp³-hybridized carbons (Fsp3) is 0.350. The van der Waals surface area contributed by atoms with Crippen molar-refractivity contribution in [2.45, 2.75) is 42.7 Å². The highest BCUT2D eigenvalue weighted by Gasteiger charge is 2.34. The zero-order chi connectivity index (χ0) is 19.0. The molecule has 0 bridgehead atoms. The van der Waals surface area contributed by atoms with Crippen LogP contribution in [-0.2, 0) is 10.0 Å². The molecule has 2 N–H and O–H groups in total. The van der Waals surface area contributed by atoms with E-state index in [1.54, 1.807) is 12.1 Å². The van der Waals surface area contributed by atoms with Gasteiger partial charge in [-0.3, -0.25) is 4.79 Å². The maximum Gasteiger partial charge on any atom is 0.251 e. The Balaban J connectivity index is 1.53. The van der Waals surface area contributed by atoms with Gasteiger partial charge in [0.15, 0.2) is 0 Å². The number of hydrogen-bond donors (Lipinski definition) is 2. The normalized spacial score (nSPS) is 18.1. The van der Waals surface area contributed by atoms with Crippen LogP contribution < -0.4 is 10.0 Å². The van der Waals surface area contributed by atoms with Gasteiger partial charge in [0.1, 0.15) is 0 Å². The summed E-state index contributed by atoms with van der Waals surface area (Å²) in [7, 11) is -3.59. The minimum Gasteiger partial charge on any atom is -0.345 e. The maximum absolute atomic E-state index is 12.8. The molecule has 0 spiro atoms. The van der Waals surface area contributed by atoms with Crippen LogP contribution >= 0.6 is 11.6 Å². The van der Waals surface area contributed by atoms with Crippen molar-refractivity contribution in [3.8, 4) is 0 Å². The van der Waals surface area contributed by atoms with Crippen LogP contribution in [0.4, 0.5) is 0 Å². The number of carbonyl (C=O) groups is 1. The van der Waals surface area contributed by atoms with Gasteiger partial charge in [-0.15, -0.1) is 0 Å². The zero-order valence-corrected chi connectivity index (χ0v) is 16.3. The van der Waals surface area contributed by atoms with Crippen LogP contribution in [0.5, 0.6) is 0 Å². The maximum atomic E-state index is 12.8. The molecule has 0 heterocycles. The third kappa shape index (κ3) is 4.51. The monoisotopic (exact) mass is 404 g/mol. The van der Waals surface area contributed by atoms with Crippen molar-refractivity contribution in [3.05, 3.63) is 64.7 Å². The topological polar surface area (TPSA) is 75.3 Å². The summed E-state index contributed by atoms with van der Waals surface area (Å²) in [5.74, 6) is 0.129. The Morgan fingerprint density at radius 2 is 1.74 bits per heavy atom. The Bertz CT molecular complexity index is 951. The first-order valence-corrected chi connectivity index (χ1v) is 11.0. The number of rotatable bonds is 7. The zero-order valence-electron chi connectivity index (χ0n) is 14.7. The number of hydrogen-bond acceptors (Lipinski definition) is 3. The summed E-state index contributed by atoms with van der Waals surface area (Å²) >= 11 is 5.96. The second-order valence-electron chi connectivity index (χ2n) is 7.26. The average Bonchev–Trinajstić information content (AvgIpc) is 3.55. The van der Waals surface area contributed by atoms with E-state index < -0.39 is 10.0 Å². The number of amides is 1. The molecule has 142 valence electrons. The quantitative estimate of drug-likeness (QED) is 0.739. The van der Waals surface area contributed by atoms with Gasteiger partial charge in [-0.1, -0.05) is 29.8 Å². The summed E-state index contributed by atoms with van der Waals surface area (Å²) < 4.78 is 27.4. The van der Waals surface area contributed by atoms with E-state index in [0.29, 0.717) is 16.5 Å². The number of halogens is 1. The lowest BCUT2D eigenvalue weighted by Crippen LogP contribution is -2.30. The van der Waals surface area contributed by atoms with Gasteiger partial charge in [0.2, 0.25) is 10.0 Å². The molecular formula is C20H21ClN2O3S. The second kappa shape index (κ2) is 7.26. The van der Waals surface area contributed by atoms with E-state index in [1.807, 2.05) is 24.3 Å². The Labute approximate surface area is 164 Å². The summed E-state index contributed by atoms with van der Waals surface area (Å²) in [6.45, 7) is 0. The summed E-state index contributed by atoms with van der Waals surface area (Å²) in [5, 5.41) is 3.72. The number of benzene rings is 2. The van der Waals surface area contributed by atoms with Crippen molar-refractivity contribution in [2.24, 2.45) is 5.92 Å². The molecular weight excluding hydrogens is 384 g/mol. The van der Waals surface area contributed by atoms with Crippen LogP contribution in [0.25, 0.3) is 0 Å². The van der Waals surface area contributed by atoms with Gasteiger partial charge in [-0.25, -0.2) is 13.1 Å². The van der Waals surface area contributed by atoms with Crippen molar-refractivity contribution in [1.29, 1.82) is 0 Å². The SMILES string of the molecule is O=C(NC(c1ccc(Cl)cc1)C1CC1)c1cccc(S(=O)(=O)NC2CC2)c1. The Hall–Kier alpha value is -1.89. The summed E-state index contributed by atoms with van der Waals surface area (Å²) in [6.07, 6.45) is 3.85. The van der Waals surface area contributed by atoms with Crippen molar-refractivity contribution >= 4 is 27.5 Å². The molecule has 0 aliphatic heterocycles. The first kappa shape index (κ1) is 18.5. The minimum absolute atomic E-state index is 0.0247. The Morgan fingerprint density at radius 1 is 1.04 bits per heavy atom. The molecule has 27 heavy (non-hydrogen) atoms. The average molecular weight is 405 g/mol. The van der Waals surface area contributed by atoms with Crippen LogP contribution in [0, 0.1) is 5.92 Å². The van der Waals surface area contributed by atoms with Crippen LogP contribution in [0.2, 0.25) is 5.02 Å². The lowest BCUT2D eigenvalue weighted by Gasteiger charge is -2.19. The van der Waals surface area contributed by atoms with Crippen LogP contribution in [0.15, 0.2) is 53.4 Å². The summed E-state index contributed by atoms with van der Waals surface area (Å²) in [4.78, 5) is 12.9. The fourth-order valence-electron chi connectivity index (χ4n) is 3.09. The molecule has 2 fully saturated rings. The largest absolute Gasteiger partial charge is 0.345 e. The van der Waals surface area contributed by atoms with Crippen LogP contribution in [0.1, 0.15) is 47.6 Å². The molecule has 7 heteroatoms. The molecule has 1 amide bonds. The molecule has 0 aromatic heterocycles. The van der Waals surface area contributed by atoms with E-state index in [-0.39, 0.29) is 22.9 Å². The molecule has 2 aromatic rings. The number of carbonyl (C=O) groups excluding carboxylic acids is 1. The van der Waals surface area contributed by atoms with E-state index in [0.717, 1.165) is 31.2 Å². The number of sulfonamides is 1. The van der Waals surface area contributed by atoms with Crippen LogP contribution in [-0.4, -0.2) is 20.4 Å². The molecule has 1 unspecified atom stereocenters. The van der Waals surface area contributed by atoms with E-state index in [1.165, 1.54) is 12.1 Å². The van der Waals surface area contributed by atoms with Gasteiger partial charge in [0.25, 0.3) is 5.91 Å². The molecule has 4 rings (SSSR count). The molecule has 2 saturated carbocycles. The minimum atomic E-state index is -3.59. The molecule has 5 nitrogen and oxygen atoms in total.